The highest BCUT2D eigenvalue weighted by Gasteiger charge is 2.43. The topological polar surface area (TPSA) is 57.6 Å². The molecular formula is C12H14BrNO3S2. The SMILES string of the molecule is CC(C)C1SCC(C(=O)O)N1C(=O)c1sccc1Br. The van der Waals surface area contributed by atoms with Gasteiger partial charge in [0.15, 0.2) is 0 Å². The highest BCUT2D eigenvalue weighted by Crippen LogP contribution is 2.37. The largest absolute Gasteiger partial charge is 0.480 e. The van der Waals surface area contributed by atoms with E-state index in [4.69, 9.17) is 0 Å². The van der Waals surface area contributed by atoms with Crippen LogP contribution in [0.5, 0.6) is 0 Å². The van der Waals surface area contributed by atoms with Gasteiger partial charge in [-0.25, -0.2) is 4.79 Å². The number of rotatable bonds is 3. The first kappa shape index (κ1) is 14.9. The maximum absolute atomic E-state index is 12.6. The lowest BCUT2D eigenvalue weighted by molar-refractivity contribution is -0.141. The van der Waals surface area contributed by atoms with Crippen molar-refractivity contribution >= 4 is 50.9 Å². The summed E-state index contributed by atoms with van der Waals surface area (Å²) in [5.74, 6) is -0.459. The van der Waals surface area contributed by atoms with Crippen LogP contribution in [0.3, 0.4) is 0 Å². The maximum Gasteiger partial charge on any atom is 0.327 e. The second kappa shape index (κ2) is 5.85. The van der Waals surface area contributed by atoms with E-state index < -0.39 is 12.0 Å². The fourth-order valence-corrected chi connectivity index (χ4v) is 5.01. The van der Waals surface area contributed by atoms with E-state index >= 15 is 0 Å². The molecule has 19 heavy (non-hydrogen) atoms. The number of thioether (sulfide) groups is 1. The Hall–Kier alpha value is -0.530. The minimum atomic E-state index is -0.934. The Bertz CT molecular complexity index is 503. The number of carboxylic acid groups (broad SMARTS) is 1. The normalized spacial score (nSPS) is 23.1. The van der Waals surface area contributed by atoms with Crippen molar-refractivity contribution in [1.29, 1.82) is 0 Å². The molecule has 0 bridgehead atoms. The number of carboxylic acids is 1. The van der Waals surface area contributed by atoms with E-state index in [2.05, 4.69) is 15.9 Å². The molecule has 1 aromatic rings. The smallest absolute Gasteiger partial charge is 0.327 e. The van der Waals surface area contributed by atoms with Crippen LogP contribution in [0.15, 0.2) is 15.9 Å². The van der Waals surface area contributed by atoms with Crippen LogP contribution in [-0.4, -0.2) is 39.1 Å². The molecule has 2 heterocycles. The Labute approximate surface area is 128 Å². The molecule has 0 aromatic carbocycles. The van der Waals surface area contributed by atoms with Crippen LogP contribution in [-0.2, 0) is 4.79 Å². The van der Waals surface area contributed by atoms with Gasteiger partial charge >= 0.3 is 5.97 Å². The summed E-state index contributed by atoms with van der Waals surface area (Å²) in [6, 6.07) is 1.07. The predicted molar refractivity (Wildman–Crippen MR) is 80.7 cm³/mol. The molecule has 1 N–H and O–H groups in total. The first-order valence-corrected chi connectivity index (χ1v) is 8.55. The van der Waals surface area contributed by atoms with Gasteiger partial charge in [-0.15, -0.1) is 23.1 Å². The highest BCUT2D eigenvalue weighted by molar-refractivity contribution is 9.10. The average molecular weight is 364 g/mol. The Kier molecular flexibility index (Phi) is 4.58. The number of nitrogens with zero attached hydrogens (tertiary/aromatic N) is 1. The van der Waals surface area contributed by atoms with Gasteiger partial charge in [0.25, 0.3) is 5.91 Å². The number of carbonyl (C=O) groups is 2. The quantitative estimate of drug-likeness (QED) is 0.895. The number of amides is 1. The summed E-state index contributed by atoms with van der Waals surface area (Å²) in [6.07, 6.45) is 0. The molecule has 4 nitrogen and oxygen atoms in total. The summed E-state index contributed by atoms with van der Waals surface area (Å²) in [5.41, 5.74) is 0. The van der Waals surface area contributed by atoms with E-state index in [1.807, 2.05) is 19.2 Å². The standard InChI is InChI=1S/C12H14BrNO3S2/c1-6(2)11-14(8(5-19-11)12(16)17)10(15)9-7(13)3-4-18-9/h3-4,6,8,11H,5H2,1-2H3,(H,16,17). The zero-order valence-corrected chi connectivity index (χ0v) is 13.7. The zero-order chi connectivity index (χ0) is 14.2. The molecule has 1 aliphatic rings. The molecule has 1 fully saturated rings. The van der Waals surface area contributed by atoms with Crippen LogP contribution in [0.2, 0.25) is 0 Å². The van der Waals surface area contributed by atoms with Crippen LogP contribution < -0.4 is 0 Å². The average Bonchev–Trinajstić information content (AvgIpc) is 2.93. The molecule has 2 atom stereocenters. The fraction of sp³-hybridized carbons (Fsp3) is 0.500. The van der Waals surface area contributed by atoms with Crippen molar-refractivity contribution in [3.8, 4) is 0 Å². The van der Waals surface area contributed by atoms with Crippen LogP contribution in [0, 0.1) is 5.92 Å². The third kappa shape index (κ3) is 2.83. The van der Waals surface area contributed by atoms with E-state index in [0.29, 0.717) is 10.6 Å². The third-order valence-corrected chi connectivity index (χ3v) is 6.38. The van der Waals surface area contributed by atoms with Gasteiger partial charge in [0, 0.05) is 10.2 Å². The molecule has 1 aromatic heterocycles. The molecule has 7 heteroatoms. The van der Waals surface area contributed by atoms with Crippen LogP contribution in [0.1, 0.15) is 23.5 Å². The monoisotopic (exact) mass is 363 g/mol. The van der Waals surface area contributed by atoms with Crippen molar-refractivity contribution < 1.29 is 14.7 Å². The maximum atomic E-state index is 12.6. The Balaban J connectivity index is 2.34. The number of aliphatic carboxylic acids is 1. The van der Waals surface area contributed by atoms with Crippen molar-refractivity contribution in [2.45, 2.75) is 25.3 Å². The fourth-order valence-electron chi connectivity index (χ4n) is 2.05. The molecule has 1 amide bonds. The molecule has 2 rings (SSSR count). The van der Waals surface area contributed by atoms with Crippen molar-refractivity contribution in [1.82, 2.24) is 4.90 Å². The van der Waals surface area contributed by atoms with Crippen molar-refractivity contribution in [3.63, 3.8) is 0 Å². The molecular weight excluding hydrogens is 350 g/mol. The van der Waals surface area contributed by atoms with Gasteiger partial charge in [-0.05, 0) is 33.3 Å². The molecule has 104 valence electrons. The second-order valence-electron chi connectivity index (χ2n) is 4.63. The number of halogens is 1. The van der Waals surface area contributed by atoms with Crippen LogP contribution in [0.4, 0.5) is 0 Å². The molecule has 1 aliphatic heterocycles. The van der Waals surface area contributed by atoms with E-state index in [0.717, 1.165) is 4.47 Å². The highest BCUT2D eigenvalue weighted by atomic mass is 79.9. The lowest BCUT2D eigenvalue weighted by Crippen LogP contribution is -2.47. The van der Waals surface area contributed by atoms with Gasteiger partial charge in [-0.1, -0.05) is 13.8 Å². The number of hydrogen-bond donors (Lipinski definition) is 1. The van der Waals surface area contributed by atoms with Gasteiger partial charge in [0.1, 0.15) is 10.9 Å². The summed E-state index contributed by atoms with van der Waals surface area (Å²) in [7, 11) is 0. The summed E-state index contributed by atoms with van der Waals surface area (Å²) in [5, 5.41) is 11.0. The Morgan fingerprint density at radius 2 is 2.21 bits per heavy atom. The van der Waals surface area contributed by atoms with Gasteiger partial charge < -0.3 is 10.0 Å². The van der Waals surface area contributed by atoms with Gasteiger partial charge in [0.05, 0.1) is 5.37 Å². The van der Waals surface area contributed by atoms with Crippen LogP contribution in [0.25, 0.3) is 0 Å². The Morgan fingerprint density at radius 1 is 1.53 bits per heavy atom. The van der Waals surface area contributed by atoms with Crippen molar-refractivity contribution in [3.05, 3.63) is 20.8 Å². The van der Waals surface area contributed by atoms with E-state index in [9.17, 15) is 14.7 Å². The summed E-state index contributed by atoms with van der Waals surface area (Å²) in [4.78, 5) is 26.0. The first-order chi connectivity index (χ1) is 8.93. The zero-order valence-electron chi connectivity index (χ0n) is 10.5. The molecule has 0 saturated carbocycles. The number of thiophene rings is 1. The van der Waals surface area contributed by atoms with E-state index in [1.165, 1.54) is 16.2 Å². The minimum absolute atomic E-state index is 0.0809. The summed E-state index contributed by atoms with van der Waals surface area (Å²) in [6.45, 7) is 4.01. The molecule has 2 unspecified atom stereocenters. The first-order valence-electron chi connectivity index (χ1n) is 5.83. The van der Waals surface area contributed by atoms with Gasteiger partial charge in [-0.2, -0.15) is 0 Å². The molecule has 0 radical (unpaired) electrons. The second-order valence-corrected chi connectivity index (χ2v) is 7.55. The minimum Gasteiger partial charge on any atom is -0.480 e. The lowest BCUT2D eigenvalue weighted by Gasteiger charge is -2.29. The van der Waals surface area contributed by atoms with E-state index in [1.54, 1.807) is 17.8 Å². The number of hydrogen-bond acceptors (Lipinski definition) is 4. The predicted octanol–water partition coefficient (Wildman–Crippen LogP) is 3.13. The van der Waals surface area contributed by atoms with Gasteiger partial charge in [-0.3, -0.25) is 4.79 Å². The molecule has 0 aliphatic carbocycles. The lowest BCUT2D eigenvalue weighted by atomic mass is 10.1. The summed E-state index contributed by atoms with van der Waals surface area (Å²) >= 11 is 6.21. The summed E-state index contributed by atoms with van der Waals surface area (Å²) < 4.78 is 0.728. The molecule has 0 spiro atoms. The molecule has 1 saturated heterocycles. The van der Waals surface area contributed by atoms with Crippen molar-refractivity contribution in [2.24, 2.45) is 5.92 Å². The number of carbonyl (C=O) groups excluding carboxylic acids is 1. The van der Waals surface area contributed by atoms with Crippen molar-refractivity contribution in [2.75, 3.05) is 5.75 Å². The Morgan fingerprint density at radius 3 is 2.68 bits per heavy atom. The third-order valence-electron chi connectivity index (χ3n) is 2.94. The van der Waals surface area contributed by atoms with Crippen LogP contribution >= 0.6 is 39.0 Å². The van der Waals surface area contributed by atoms with Gasteiger partial charge in [0.2, 0.25) is 0 Å². The van der Waals surface area contributed by atoms with E-state index in [-0.39, 0.29) is 17.2 Å².